The van der Waals surface area contributed by atoms with Crippen LogP contribution in [0.5, 0.6) is 11.5 Å². The Morgan fingerprint density at radius 3 is 1.83 bits per heavy atom. The van der Waals surface area contributed by atoms with Crippen molar-refractivity contribution in [2.45, 2.75) is 45.6 Å². The van der Waals surface area contributed by atoms with E-state index in [-0.39, 0.29) is 11.9 Å². The number of hydrogen-bond donors (Lipinski definition) is 1. The summed E-state index contributed by atoms with van der Waals surface area (Å²) in [5.74, 6) is 1.57. The molecular weight excluding hydrogens is 450 g/mol. The molecule has 6 heteroatoms. The maximum Gasteiger partial charge on any atom is 0.251 e. The Hall–Kier alpha value is -3.93. The zero-order valence-corrected chi connectivity index (χ0v) is 20.8. The average Bonchev–Trinajstić information content (AvgIpc) is 3.42. The minimum absolute atomic E-state index is 0.0520. The number of hydrogen-bond acceptors (Lipinski definition) is 5. The fourth-order valence-corrected chi connectivity index (χ4v) is 4.69. The van der Waals surface area contributed by atoms with Crippen molar-refractivity contribution in [3.63, 3.8) is 0 Å². The molecule has 1 fully saturated rings. The van der Waals surface area contributed by atoms with E-state index in [9.17, 15) is 4.79 Å². The first-order chi connectivity index (χ1) is 17.6. The maximum atomic E-state index is 12.9. The smallest absolute Gasteiger partial charge is 0.251 e. The molecule has 0 aliphatic heterocycles. The number of carbonyl (C=O) groups is 1. The zero-order valence-electron chi connectivity index (χ0n) is 20.8. The Kier molecular flexibility index (Phi) is 7.12. The van der Waals surface area contributed by atoms with Gasteiger partial charge in [-0.15, -0.1) is 0 Å². The lowest BCUT2D eigenvalue weighted by molar-refractivity contribution is 0.0938. The number of ether oxygens (including phenoxy) is 2. The highest BCUT2D eigenvalue weighted by atomic mass is 16.5. The van der Waals surface area contributed by atoms with Crippen LogP contribution in [0.25, 0.3) is 33.5 Å². The Balaban J connectivity index is 1.56. The van der Waals surface area contributed by atoms with E-state index in [4.69, 9.17) is 19.4 Å². The Morgan fingerprint density at radius 1 is 0.778 bits per heavy atom. The van der Waals surface area contributed by atoms with E-state index in [1.807, 2.05) is 80.6 Å². The maximum absolute atomic E-state index is 12.9. The van der Waals surface area contributed by atoms with Gasteiger partial charge in [-0.3, -0.25) is 4.79 Å². The average molecular weight is 482 g/mol. The van der Waals surface area contributed by atoms with E-state index >= 15 is 0 Å². The number of benzene rings is 3. The van der Waals surface area contributed by atoms with Crippen molar-refractivity contribution < 1.29 is 14.3 Å². The van der Waals surface area contributed by atoms with Crippen LogP contribution in [-0.2, 0) is 0 Å². The monoisotopic (exact) mass is 481 g/mol. The van der Waals surface area contributed by atoms with Gasteiger partial charge in [0.15, 0.2) is 0 Å². The van der Waals surface area contributed by atoms with Crippen LogP contribution in [0.2, 0.25) is 0 Å². The van der Waals surface area contributed by atoms with Crippen molar-refractivity contribution >= 4 is 16.9 Å². The molecule has 0 bridgehead atoms. The number of amides is 1. The van der Waals surface area contributed by atoms with Crippen LogP contribution in [0.15, 0.2) is 66.7 Å². The lowest BCUT2D eigenvalue weighted by atomic mass is 10.0. The molecule has 1 amide bonds. The summed E-state index contributed by atoms with van der Waals surface area (Å²) >= 11 is 0. The van der Waals surface area contributed by atoms with Gasteiger partial charge in [0.2, 0.25) is 0 Å². The van der Waals surface area contributed by atoms with Crippen LogP contribution in [-0.4, -0.2) is 35.1 Å². The van der Waals surface area contributed by atoms with Gasteiger partial charge in [-0.2, -0.15) is 0 Å². The van der Waals surface area contributed by atoms with E-state index in [0.29, 0.717) is 24.3 Å². The van der Waals surface area contributed by atoms with E-state index in [2.05, 4.69) is 5.32 Å². The molecule has 36 heavy (non-hydrogen) atoms. The number of nitrogens with one attached hydrogen (secondary N) is 1. The Morgan fingerprint density at radius 2 is 1.31 bits per heavy atom. The summed E-state index contributed by atoms with van der Waals surface area (Å²) in [6, 6.07) is 21.6. The molecular formula is C30H31N3O3. The molecule has 6 nitrogen and oxygen atoms in total. The highest BCUT2D eigenvalue weighted by Gasteiger charge is 2.19. The summed E-state index contributed by atoms with van der Waals surface area (Å²) in [6.07, 6.45) is 4.45. The SMILES string of the molecule is CCOc1ccc(-c2nc3ccc(C(=O)NC4CCCC4)cc3nc2-c2ccc(OCC)cc2)cc1. The molecule has 0 atom stereocenters. The van der Waals surface area contributed by atoms with Crippen LogP contribution in [0, 0.1) is 0 Å². The molecule has 1 heterocycles. The third kappa shape index (κ3) is 5.18. The summed E-state index contributed by atoms with van der Waals surface area (Å²) in [4.78, 5) is 22.9. The molecule has 0 unspecified atom stereocenters. The van der Waals surface area contributed by atoms with Gasteiger partial charge in [-0.05, 0) is 93.4 Å². The normalized spacial score (nSPS) is 13.6. The number of carbonyl (C=O) groups excluding carboxylic acids is 1. The second-order valence-electron chi connectivity index (χ2n) is 8.99. The summed E-state index contributed by atoms with van der Waals surface area (Å²) in [7, 11) is 0. The van der Waals surface area contributed by atoms with Crippen LogP contribution >= 0.6 is 0 Å². The molecule has 0 saturated heterocycles. The molecule has 0 radical (unpaired) electrons. The minimum Gasteiger partial charge on any atom is -0.494 e. The fraction of sp³-hybridized carbons (Fsp3) is 0.300. The molecule has 0 spiro atoms. The summed E-state index contributed by atoms with van der Waals surface area (Å²) < 4.78 is 11.2. The van der Waals surface area contributed by atoms with Crippen LogP contribution in [0.4, 0.5) is 0 Å². The summed E-state index contributed by atoms with van der Waals surface area (Å²) in [5, 5.41) is 3.16. The predicted octanol–water partition coefficient (Wildman–Crippen LogP) is 6.43. The lowest BCUT2D eigenvalue weighted by Gasteiger charge is -2.14. The zero-order chi connectivity index (χ0) is 24.9. The number of aromatic nitrogens is 2. The van der Waals surface area contributed by atoms with Gasteiger partial charge >= 0.3 is 0 Å². The first-order valence-electron chi connectivity index (χ1n) is 12.7. The van der Waals surface area contributed by atoms with Gasteiger partial charge in [0.05, 0.1) is 35.6 Å². The van der Waals surface area contributed by atoms with E-state index < -0.39 is 0 Å². The number of nitrogens with zero attached hydrogens (tertiary/aromatic N) is 2. The molecule has 1 saturated carbocycles. The summed E-state index contributed by atoms with van der Waals surface area (Å²) in [5.41, 5.74) is 5.44. The van der Waals surface area contributed by atoms with Crippen molar-refractivity contribution in [1.29, 1.82) is 0 Å². The number of fused-ring (bicyclic) bond motifs is 1. The first-order valence-corrected chi connectivity index (χ1v) is 12.7. The quantitative estimate of drug-likeness (QED) is 0.314. The lowest BCUT2D eigenvalue weighted by Crippen LogP contribution is -2.32. The number of rotatable bonds is 8. The van der Waals surface area contributed by atoms with Crippen molar-refractivity contribution in [3.05, 3.63) is 72.3 Å². The van der Waals surface area contributed by atoms with E-state index in [1.54, 1.807) is 0 Å². The Labute approximate surface area is 211 Å². The first kappa shape index (κ1) is 23.8. The fourth-order valence-electron chi connectivity index (χ4n) is 4.69. The minimum atomic E-state index is -0.0520. The van der Waals surface area contributed by atoms with Crippen molar-refractivity contribution in [2.24, 2.45) is 0 Å². The second-order valence-corrected chi connectivity index (χ2v) is 8.99. The largest absolute Gasteiger partial charge is 0.494 e. The van der Waals surface area contributed by atoms with Crippen LogP contribution in [0.3, 0.4) is 0 Å². The molecule has 1 aliphatic carbocycles. The van der Waals surface area contributed by atoms with Gasteiger partial charge in [0, 0.05) is 22.7 Å². The highest BCUT2D eigenvalue weighted by molar-refractivity contribution is 5.98. The van der Waals surface area contributed by atoms with Crippen LogP contribution < -0.4 is 14.8 Å². The highest BCUT2D eigenvalue weighted by Crippen LogP contribution is 2.33. The predicted molar refractivity (Wildman–Crippen MR) is 142 cm³/mol. The third-order valence-electron chi connectivity index (χ3n) is 6.49. The van der Waals surface area contributed by atoms with Gasteiger partial charge in [0.25, 0.3) is 5.91 Å². The molecule has 4 aromatic rings. The van der Waals surface area contributed by atoms with Gasteiger partial charge in [0.1, 0.15) is 11.5 Å². The van der Waals surface area contributed by atoms with Crippen molar-refractivity contribution in [1.82, 2.24) is 15.3 Å². The molecule has 3 aromatic carbocycles. The molecule has 1 aliphatic rings. The standard InChI is InChI=1S/C30H31N3O3/c1-3-35-24-14-9-20(10-15-24)28-29(21-11-16-25(17-12-21)36-4-2)33-27-19-22(13-18-26(27)32-28)30(34)31-23-7-5-6-8-23/h9-19,23H,3-8H2,1-2H3,(H,31,34). The Bertz CT molecular complexity index is 1340. The van der Waals surface area contributed by atoms with E-state index in [1.165, 1.54) is 12.8 Å². The molecule has 184 valence electrons. The third-order valence-corrected chi connectivity index (χ3v) is 6.49. The van der Waals surface area contributed by atoms with Crippen LogP contribution in [0.1, 0.15) is 49.9 Å². The topological polar surface area (TPSA) is 73.3 Å². The van der Waals surface area contributed by atoms with Gasteiger partial charge in [-0.25, -0.2) is 9.97 Å². The molecule has 1 N–H and O–H groups in total. The summed E-state index contributed by atoms with van der Waals surface area (Å²) in [6.45, 7) is 5.16. The van der Waals surface area contributed by atoms with Gasteiger partial charge in [-0.1, -0.05) is 12.8 Å². The molecule has 1 aromatic heterocycles. The van der Waals surface area contributed by atoms with Crippen molar-refractivity contribution in [3.8, 4) is 34.0 Å². The van der Waals surface area contributed by atoms with E-state index in [0.717, 1.165) is 52.4 Å². The second kappa shape index (κ2) is 10.8. The van der Waals surface area contributed by atoms with Crippen molar-refractivity contribution in [2.75, 3.05) is 13.2 Å². The van der Waals surface area contributed by atoms with Gasteiger partial charge < -0.3 is 14.8 Å². The molecule has 5 rings (SSSR count).